The van der Waals surface area contributed by atoms with Crippen LogP contribution in [-0.2, 0) is 33.3 Å². The summed E-state index contributed by atoms with van der Waals surface area (Å²) in [6.07, 6.45) is 2.61. The number of benzene rings is 1. The molecule has 190 valence electrons. The number of hydroxylamine groups is 3. The summed E-state index contributed by atoms with van der Waals surface area (Å²) < 4.78 is 38.0. The van der Waals surface area contributed by atoms with Gasteiger partial charge in [0.05, 0.1) is 23.0 Å². The van der Waals surface area contributed by atoms with Gasteiger partial charge < -0.3 is 21.2 Å². The Morgan fingerprint density at radius 3 is 2.74 bits per heavy atom. The third-order valence-electron chi connectivity index (χ3n) is 4.70. The van der Waals surface area contributed by atoms with Gasteiger partial charge in [-0.3, -0.25) is 5.41 Å². The molecular weight excluding hydrogens is 555 g/mol. The summed E-state index contributed by atoms with van der Waals surface area (Å²) in [5, 5.41) is 24.1. The predicted octanol–water partition coefficient (Wildman–Crippen LogP) is 1.46. The molecule has 0 fully saturated rings. The molecule has 0 bridgehead atoms. The van der Waals surface area contributed by atoms with E-state index in [-0.39, 0.29) is 47.3 Å². The maximum absolute atomic E-state index is 13.8. The Morgan fingerprint density at radius 1 is 1.46 bits per heavy atom. The molecule has 17 heteroatoms. The standard InChI is InChI=1S/C18H22BrFN8O6S/c1-25-12(9-24-18(25)27(29)30)10-33-28-17(23-6-3-7-35(2,31)32)15(16(21)22)26(34-28)11-4-5-14(20)13(19)8-11/h4-5,8-9,23H,3,6-7,10H2,1-2H3,(H3,21,22). The lowest BCUT2D eigenvalue weighted by atomic mass is 10.2. The summed E-state index contributed by atoms with van der Waals surface area (Å²) in [7, 11) is -1.75. The number of anilines is 1. The molecule has 14 nitrogen and oxygen atoms in total. The molecule has 0 saturated carbocycles. The average Bonchev–Trinajstić information content (AvgIpc) is 3.31. The van der Waals surface area contributed by atoms with Crippen LogP contribution < -0.4 is 16.1 Å². The normalized spacial score (nSPS) is 14.1. The molecule has 1 aliphatic rings. The lowest BCUT2D eigenvalue weighted by molar-refractivity contribution is -0.396. The van der Waals surface area contributed by atoms with Crippen molar-refractivity contribution >= 4 is 43.2 Å². The van der Waals surface area contributed by atoms with Crippen molar-refractivity contribution in [3.8, 4) is 0 Å². The van der Waals surface area contributed by atoms with Gasteiger partial charge in [-0.1, -0.05) is 10.2 Å². The Bertz CT molecular complexity index is 1280. The van der Waals surface area contributed by atoms with Gasteiger partial charge in [0.15, 0.2) is 11.5 Å². The van der Waals surface area contributed by atoms with E-state index in [1.165, 1.54) is 36.0 Å². The Labute approximate surface area is 207 Å². The number of sulfone groups is 1. The lowest BCUT2D eigenvalue weighted by Crippen LogP contribution is -2.31. The van der Waals surface area contributed by atoms with Crippen LogP contribution in [0.5, 0.6) is 0 Å². The molecule has 4 N–H and O–H groups in total. The van der Waals surface area contributed by atoms with E-state index in [0.717, 1.165) is 16.5 Å². The molecule has 3 rings (SSSR count). The van der Waals surface area contributed by atoms with Crippen LogP contribution in [0.4, 0.5) is 16.0 Å². The summed E-state index contributed by atoms with van der Waals surface area (Å²) in [6.45, 7) is -0.0709. The zero-order valence-electron chi connectivity index (χ0n) is 18.6. The molecule has 2 aromatic rings. The van der Waals surface area contributed by atoms with Crippen molar-refractivity contribution < 1.29 is 27.5 Å². The van der Waals surface area contributed by atoms with Crippen LogP contribution >= 0.6 is 15.9 Å². The number of imidazole rings is 1. The number of hydrogen-bond donors (Lipinski definition) is 3. The number of rotatable bonds is 11. The summed E-state index contributed by atoms with van der Waals surface area (Å²) in [5.74, 6) is -1.35. The van der Waals surface area contributed by atoms with Gasteiger partial charge in [0.1, 0.15) is 40.0 Å². The number of nitrogens with zero attached hydrogens (tertiary/aromatic N) is 5. The quantitative estimate of drug-likeness (QED) is 0.116. The van der Waals surface area contributed by atoms with E-state index in [4.69, 9.17) is 20.9 Å². The summed E-state index contributed by atoms with van der Waals surface area (Å²) in [4.78, 5) is 25.5. The van der Waals surface area contributed by atoms with Crippen LogP contribution in [0.15, 0.2) is 40.4 Å². The van der Waals surface area contributed by atoms with E-state index in [9.17, 15) is 22.9 Å². The molecule has 0 radical (unpaired) electrons. The second-order valence-corrected chi connectivity index (χ2v) is 10.5. The van der Waals surface area contributed by atoms with Crippen molar-refractivity contribution in [1.29, 1.82) is 5.41 Å². The van der Waals surface area contributed by atoms with Crippen molar-refractivity contribution in [2.24, 2.45) is 12.8 Å². The number of nitro groups is 1. The van der Waals surface area contributed by atoms with E-state index >= 15 is 0 Å². The largest absolute Gasteiger partial charge is 0.434 e. The molecule has 0 aliphatic carbocycles. The first-order chi connectivity index (χ1) is 16.4. The minimum atomic E-state index is -3.20. The van der Waals surface area contributed by atoms with Gasteiger partial charge in [0, 0.05) is 12.8 Å². The van der Waals surface area contributed by atoms with Crippen LogP contribution in [0.3, 0.4) is 0 Å². The second kappa shape index (κ2) is 10.5. The molecule has 0 atom stereocenters. The smallest absolute Gasteiger partial charge is 0.390 e. The van der Waals surface area contributed by atoms with Crippen LogP contribution in [0.1, 0.15) is 12.1 Å². The number of aromatic nitrogens is 2. The molecule has 0 saturated heterocycles. The number of nitrogens with one attached hydrogen (secondary N) is 2. The first-order valence-electron chi connectivity index (χ1n) is 9.90. The van der Waals surface area contributed by atoms with Crippen molar-refractivity contribution in [3.05, 3.63) is 62.0 Å². The summed E-state index contributed by atoms with van der Waals surface area (Å²) >= 11 is 3.09. The second-order valence-electron chi connectivity index (χ2n) is 7.39. The average molecular weight is 577 g/mol. The number of halogens is 2. The first-order valence-corrected chi connectivity index (χ1v) is 12.8. The molecule has 1 aromatic carbocycles. The highest BCUT2D eigenvalue weighted by molar-refractivity contribution is 9.10. The molecule has 1 aromatic heterocycles. The monoisotopic (exact) mass is 576 g/mol. The molecule has 0 spiro atoms. The highest BCUT2D eigenvalue weighted by Gasteiger charge is 2.36. The van der Waals surface area contributed by atoms with Crippen molar-refractivity contribution in [1.82, 2.24) is 20.1 Å². The van der Waals surface area contributed by atoms with Gasteiger partial charge in [-0.15, -0.1) is 4.94 Å². The zero-order valence-corrected chi connectivity index (χ0v) is 21.0. The Balaban J connectivity index is 1.89. The van der Waals surface area contributed by atoms with E-state index in [2.05, 4.69) is 26.2 Å². The first kappa shape index (κ1) is 26.3. The Kier molecular flexibility index (Phi) is 7.93. The molecule has 0 amide bonds. The van der Waals surface area contributed by atoms with E-state index in [0.29, 0.717) is 11.4 Å². The predicted molar refractivity (Wildman–Crippen MR) is 125 cm³/mol. The van der Waals surface area contributed by atoms with Gasteiger partial charge in [-0.2, -0.15) is 5.06 Å². The van der Waals surface area contributed by atoms with Gasteiger partial charge in [-0.25, -0.2) is 22.2 Å². The van der Waals surface area contributed by atoms with Gasteiger partial charge in [0.25, 0.3) is 0 Å². The van der Waals surface area contributed by atoms with Gasteiger partial charge in [-0.05, 0) is 45.5 Å². The summed E-state index contributed by atoms with van der Waals surface area (Å²) in [6, 6.07) is 3.96. The minimum Gasteiger partial charge on any atom is -0.390 e. The third-order valence-corrected chi connectivity index (χ3v) is 6.33. The molecular formula is C18H22BrFN8O6S. The fourth-order valence-electron chi connectivity index (χ4n) is 3.00. The number of nitrogens with two attached hydrogens (primary N) is 1. The van der Waals surface area contributed by atoms with E-state index in [1.807, 2.05) is 0 Å². The van der Waals surface area contributed by atoms with Crippen LogP contribution in [0, 0.1) is 21.3 Å². The van der Waals surface area contributed by atoms with E-state index in [1.54, 1.807) is 0 Å². The fraction of sp³-hybridized carbons (Fsp3) is 0.333. The van der Waals surface area contributed by atoms with Crippen LogP contribution in [-0.4, -0.2) is 52.5 Å². The molecule has 0 unspecified atom stereocenters. The summed E-state index contributed by atoms with van der Waals surface area (Å²) in [5.41, 5.74) is 6.44. The Morgan fingerprint density at radius 2 is 2.17 bits per heavy atom. The maximum atomic E-state index is 13.8. The third kappa shape index (κ3) is 6.24. The molecule has 35 heavy (non-hydrogen) atoms. The zero-order chi connectivity index (χ0) is 25.9. The van der Waals surface area contributed by atoms with Crippen LogP contribution in [0.2, 0.25) is 0 Å². The van der Waals surface area contributed by atoms with Crippen LogP contribution in [0.25, 0.3) is 0 Å². The molecule has 2 heterocycles. The van der Waals surface area contributed by atoms with E-state index < -0.39 is 26.4 Å². The number of hydrogen-bond acceptors (Lipinski definition) is 11. The molecule has 1 aliphatic heterocycles. The van der Waals surface area contributed by atoms with Gasteiger partial charge >= 0.3 is 5.95 Å². The van der Waals surface area contributed by atoms with Crippen molar-refractivity contribution in [2.45, 2.75) is 13.0 Å². The number of amidine groups is 1. The SMILES string of the molecule is Cn1c(CON2ON(c3ccc(F)c(Br)c3)C(C(=N)N)=C2NCCCS(C)(=O)=O)cnc1[N+](=O)[O-]. The fourth-order valence-corrected chi connectivity index (χ4v) is 4.04. The highest BCUT2D eigenvalue weighted by atomic mass is 79.9. The maximum Gasteiger partial charge on any atom is 0.434 e. The minimum absolute atomic E-state index is 0.0128. The topological polar surface area (TPSA) is 182 Å². The highest BCUT2D eigenvalue weighted by Crippen LogP contribution is 2.33. The van der Waals surface area contributed by atoms with Crippen molar-refractivity contribution in [2.75, 3.05) is 23.6 Å². The lowest BCUT2D eigenvalue weighted by Gasteiger charge is -2.21. The van der Waals surface area contributed by atoms with Crippen molar-refractivity contribution in [3.63, 3.8) is 0 Å². The van der Waals surface area contributed by atoms with Gasteiger partial charge in [0.2, 0.25) is 0 Å². The Hall–Kier alpha value is -3.28.